The molecule has 7 nitrogen and oxygen atoms in total. The first-order valence-corrected chi connectivity index (χ1v) is 9.87. The Labute approximate surface area is 155 Å². The van der Waals surface area contributed by atoms with E-state index < -0.39 is 10.0 Å². The predicted octanol–water partition coefficient (Wildman–Crippen LogP) is 2.47. The van der Waals surface area contributed by atoms with Crippen LogP contribution in [0.3, 0.4) is 0 Å². The van der Waals surface area contributed by atoms with Gasteiger partial charge in [-0.2, -0.15) is 4.98 Å². The summed E-state index contributed by atoms with van der Waals surface area (Å²) < 4.78 is 41.5. The van der Waals surface area contributed by atoms with Crippen molar-refractivity contribution < 1.29 is 17.3 Å². The van der Waals surface area contributed by atoms with Gasteiger partial charge in [-0.25, -0.2) is 17.9 Å². The van der Waals surface area contributed by atoms with Crippen molar-refractivity contribution in [2.75, 3.05) is 4.90 Å². The van der Waals surface area contributed by atoms with E-state index in [2.05, 4.69) is 15.0 Å². The fourth-order valence-corrected chi connectivity index (χ4v) is 3.83. The molecule has 0 saturated heterocycles. The lowest BCUT2D eigenvalue weighted by Crippen LogP contribution is -2.28. The molecule has 1 aliphatic heterocycles. The highest BCUT2D eigenvalue weighted by Crippen LogP contribution is 2.34. The van der Waals surface area contributed by atoms with E-state index in [0.717, 1.165) is 11.3 Å². The highest BCUT2D eigenvalue weighted by Gasteiger charge is 2.28. The number of nitrogens with zero attached hydrogens (tertiary/aromatic N) is 3. The van der Waals surface area contributed by atoms with Gasteiger partial charge < -0.3 is 9.42 Å². The average molecular weight is 388 g/mol. The van der Waals surface area contributed by atoms with Crippen molar-refractivity contribution in [3.8, 4) is 11.4 Å². The third kappa shape index (κ3) is 3.43. The van der Waals surface area contributed by atoms with Gasteiger partial charge in [0.2, 0.25) is 21.7 Å². The maximum absolute atomic E-state index is 13.0. The first-order valence-electron chi connectivity index (χ1n) is 8.32. The molecule has 27 heavy (non-hydrogen) atoms. The van der Waals surface area contributed by atoms with Crippen LogP contribution in [0.15, 0.2) is 51.9 Å². The number of anilines is 1. The summed E-state index contributed by atoms with van der Waals surface area (Å²) in [6, 6.07) is 10.8. The minimum absolute atomic E-state index is 0.103. The van der Waals surface area contributed by atoms with Crippen molar-refractivity contribution in [2.45, 2.75) is 30.8 Å². The highest BCUT2D eigenvalue weighted by molar-refractivity contribution is 7.89. The summed E-state index contributed by atoms with van der Waals surface area (Å²) in [4.78, 5) is 6.56. The van der Waals surface area contributed by atoms with Crippen LogP contribution in [0.2, 0.25) is 0 Å². The molecule has 3 aromatic rings. The number of hydrogen-bond donors (Lipinski definition) is 1. The Morgan fingerprint density at radius 3 is 2.70 bits per heavy atom. The number of aromatic nitrogens is 2. The third-order valence-electron chi connectivity index (χ3n) is 4.61. The first-order chi connectivity index (χ1) is 12.8. The molecule has 1 aromatic heterocycles. The van der Waals surface area contributed by atoms with Crippen LogP contribution in [0.25, 0.3) is 11.4 Å². The molecule has 0 amide bonds. The van der Waals surface area contributed by atoms with Gasteiger partial charge in [-0.05, 0) is 61.4 Å². The topological polar surface area (TPSA) is 102 Å². The van der Waals surface area contributed by atoms with Gasteiger partial charge in [0.25, 0.3) is 0 Å². The maximum Gasteiger partial charge on any atom is 0.246 e. The van der Waals surface area contributed by atoms with Crippen LogP contribution in [-0.4, -0.2) is 24.6 Å². The number of benzene rings is 2. The van der Waals surface area contributed by atoms with Crippen LogP contribution in [0.1, 0.15) is 18.4 Å². The van der Waals surface area contributed by atoms with Gasteiger partial charge >= 0.3 is 0 Å². The molecule has 0 saturated carbocycles. The smallest absolute Gasteiger partial charge is 0.246 e. The molecule has 2 N–H and O–H groups in total. The standard InChI is InChI=1S/C18H17FN4O3S/c1-11-8-13-9-15(27(20,24)25)6-7-16(13)23(11)10-17-21-18(22-26-17)12-2-4-14(19)5-3-12/h2-7,9,11H,8,10H2,1H3,(H2,20,24,25). The molecule has 0 fully saturated rings. The maximum atomic E-state index is 13.0. The first kappa shape index (κ1) is 17.6. The molecule has 1 aliphatic rings. The molecular weight excluding hydrogens is 371 g/mol. The van der Waals surface area contributed by atoms with Crippen molar-refractivity contribution in [3.63, 3.8) is 0 Å². The number of sulfonamides is 1. The van der Waals surface area contributed by atoms with E-state index in [1.165, 1.54) is 18.2 Å². The van der Waals surface area contributed by atoms with Crippen LogP contribution in [0.4, 0.5) is 10.1 Å². The summed E-state index contributed by atoms with van der Waals surface area (Å²) in [6.07, 6.45) is 0.692. The lowest BCUT2D eigenvalue weighted by Gasteiger charge is -2.22. The summed E-state index contributed by atoms with van der Waals surface area (Å²) in [5.41, 5.74) is 2.49. The van der Waals surface area contributed by atoms with Crippen LogP contribution < -0.4 is 10.0 Å². The van der Waals surface area contributed by atoms with Crippen LogP contribution in [-0.2, 0) is 23.0 Å². The summed E-state index contributed by atoms with van der Waals surface area (Å²) >= 11 is 0. The average Bonchev–Trinajstić information content (AvgIpc) is 3.20. The van der Waals surface area contributed by atoms with E-state index in [0.29, 0.717) is 30.2 Å². The Morgan fingerprint density at radius 1 is 1.26 bits per heavy atom. The molecule has 1 unspecified atom stereocenters. The van der Waals surface area contributed by atoms with E-state index in [-0.39, 0.29) is 16.8 Å². The van der Waals surface area contributed by atoms with E-state index >= 15 is 0 Å². The monoisotopic (exact) mass is 388 g/mol. The molecule has 2 aromatic carbocycles. The molecular formula is C18H17FN4O3S. The minimum Gasteiger partial charge on any atom is -0.359 e. The van der Waals surface area contributed by atoms with Gasteiger partial charge in [-0.15, -0.1) is 0 Å². The molecule has 0 aliphatic carbocycles. The molecule has 140 valence electrons. The summed E-state index contributed by atoms with van der Waals surface area (Å²) in [7, 11) is -3.73. The normalized spacial score (nSPS) is 16.6. The quantitative estimate of drug-likeness (QED) is 0.737. The van der Waals surface area contributed by atoms with E-state index in [1.54, 1.807) is 24.3 Å². The molecule has 2 heterocycles. The zero-order valence-corrected chi connectivity index (χ0v) is 15.3. The third-order valence-corrected chi connectivity index (χ3v) is 5.52. The van der Waals surface area contributed by atoms with Gasteiger partial charge in [0.15, 0.2) is 0 Å². The van der Waals surface area contributed by atoms with Crippen molar-refractivity contribution in [3.05, 3.63) is 59.7 Å². The van der Waals surface area contributed by atoms with E-state index in [4.69, 9.17) is 9.66 Å². The van der Waals surface area contributed by atoms with Crippen LogP contribution in [0, 0.1) is 5.82 Å². The fraction of sp³-hybridized carbons (Fsp3) is 0.222. The molecule has 0 bridgehead atoms. The fourth-order valence-electron chi connectivity index (χ4n) is 3.27. The Kier molecular flexibility index (Phi) is 4.20. The molecule has 9 heteroatoms. The number of fused-ring (bicyclic) bond motifs is 1. The number of nitrogens with two attached hydrogens (primary N) is 1. The van der Waals surface area contributed by atoms with Crippen LogP contribution in [0.5, 0.6) is 0 Å². The number of rotatable bonds is 4. The Bertz CT molecular complexity index is 1100. The van der Waals surface area contributed by atoms with Gasteiger partial charge in [0.1, 0.15) is 5.82 Å². The van der Waals surface area contributed by atoms with Gasteiger partial charge in [0.05, 0.1) is 11.4 Å². The van der Waals surface area contributed by atoms with Gasteiger partial charge in [-0.1, -0.05) is 5.16 Å². The lowest BCUT2D eigenvalue weighted by molar-refractivity contribution is 0.374. The number of primary sulfonamides is 1. The number of halogens is 1. The van der Waals surface area contributed by atoms with Crippen LogP contribution >= 0.6 is 0 Å². The van der Waals surface area contributed by atoms with Gasteiger partial charge in [-0.3, -0.25) is 0 Å². The predicted molar refractivity (Wildman–Crippen MR) is 96.9 cm³/mol. The largest absolute Gasteiger partial charge is 0.359 e. The number of hydrogen-bond acceptors (Lipinski definition) is 6. The SMILES string of the molecule is CC1Cc2cc(S(N)(=O)=O)ccc2N1Cc1nc(-c2ccc(F)cc2)no1. The zero-order valence-electron chi connectivity index (χ0n) is 14.5. The molecule has 0 radical (unpaired) electrons. The zero-order chi connectivity index (χ0) is 19.2. The highest BCUT2D eigenvalue weighted by atomic mass is 32.2. The second kappa shape index (κ2) is 6.43. The lowest BCUT2D eigenvalue weighted by atomic mass is 10.1. The van der Waals surface area contributed by atoms with Crippen molar-refractivity contribution in [2.24, 2.45) is 5.14 Å². The summed E-state index contributed by atoms with van der Waals surface area (Å²) in [6.45, 7) is 2.42. The minimum atomic E-state index is -3.73. The Balaban J connectivity index is 1.58. The van der Waals surface area contributed by atoms with Gasteiger partial charge in [0, 0.05) is 17.3 Å². The van der Waals surface area contributed by atoms with Crippen molar-refractivity contribution >= 4 is 15.7 Å². The molecule has 1 atom stereocenters. The van der Waals surface area contributed by atoms with E-state index in [1.807, 2.05) is 6.92 Å². The Morgan fingerprint density at radius 2 is 2.00 bits per heavy atom. The van der Waals surface area contributed by atoms with Crippen molar-refractivity contribution in [1.82, 2.24) is 10.1 Å². The second-order valence-electron chi connectivity index (χ2n) is 6.54. The Hall–Kier alpha value is -2.78. The molecule has 4 rings (SSSR count). The van der Waals surface area contributed by atoms with E-state index in [9.17, 15) is 12.8 Å². The van der Waals surface area contributed by atoms with Crippen molar-refractivity contribution in [1.29, 1.82) is 0 Å². The summed E-state index contributed by atoms with van der Waals surface area (Å²) in [5.74, 6) is 0.482. The molecule has 0 spiro atoms. The summed E-state index contributed by atoms with van der Waals surface area (Å²) in [5, 5.41) is 9.17. The second-order valence-corrected chi connectivity index (χ2v) is 8.10.